The number of rotatable bonds is 1. The van der Waals surface area contributed by atoms with E-state index < -0.39 is 0 Å². The van der Waals surface area contributed by atoms with Crippen molar-refractivity contribution in [2.75, 3.05) is 0 Å². The Morgan fingerprint density at radius 3 is 2.79 bits per heavy atom. The lowest BCUT2D eigenvalue weighted by molar-refractivity contribution is 0.467. The van der Waals surface area contributed by atoms with Crippen LogP contribution in [0, 0.1) is 5.92 Å². The van der Waals surface area contributed by atoms with Crippen LogP contribution in [0.25, 0.3) is 11.0 Å². The summed E-state index contributed by atoms with van der Waals surface area (Å²) in [5.41, 5.74) is 10.1. The molecule has 1 aromatic heterocycles. The molecule has 3 aromatic rings. The van der Waals surface area contributed by atoms with Crippen LogP contribution in [0.2, 0.25) is 5.02 Å². The lowest BCUT2D eigenvalue weighted by Gasteiger charge is -2.26. The first-order chi connectivity index (χ1) is 11.8. The predicted molar refractivity (Wildman–Crippen MR) is 95.2 cm³/mol. The number of nitrogens with zero attached hydrogens (tertiary/aromatic N) is 3. The van der Waals surface area contributed by atoms with Crippen LogP contribution in [-0.2, 0) is 6.42 Å². The van der Waals surface area contributed by atoms with Gasteiger partial charge in [0.2, 0.25) is 0 Å². The molecule has 2 aliphatic rings. The maximum absolute atomic E-state index is 6.13. The van der Waals surface area contributed by atoms with Crippen molar-refractivity contribution in [3.63, 3.8) is 0 Å². The van der Waals surface area contributed by atoms with E-state index >= 15 is 0 Å². The van der Waals surface area contributed by atoms with E-state index in [-0.39, 0.29) is 6.04 Å². The Morgan fingerprint density at radius 1 is 1.00 bits per heavy atom. The number of hydrogen-bond donors (Lipinski definition) is 1. The van der Waals surface area contributed by atoms with E-state index in [2.05, 4.69) is 44.8 Å². The molecule has 0 spiro atoms. The van der Waals surface area contributed by atoms with Gasteiger partial charge in [0.15, 0.2) is 0 Å². The molecular weight excluding hydrogens is 320 g/mol. The quantitative estimate of drug-likeness (QED) is 0.734. The average molecular weight is 335 g/mol. The molecule has 0 bridgehead atoms. The summed E-state index contributed by atoms with van der Waals surface area (Å²) in [4.78, 5) is 8.76. The SMILES string of the molecule is Clc1ccc2c(c1)CCC1C2=NNC1c1ccc2nccnc2c1. The zero-order valence-corrected chi connectivity index (χ0v) is 13.7. The van der Waals surface area contributed by atoms with Crippen molar-refractivity contribution in [2.45, 2.75) is 18.9 Å². The second kappa shape index (κ2) is 5.28. The lowest BCUT2D eigenvalue weighted by atomic mass is 9.77. The highest BCUT2D eigenvalue weighted by Gasteiger charge is 2.37. The summed E-state index contributed by atoms with van der Waals surface area (Å²) in [6.07, 6.45) is 5.56. The lowest BCUT2D eigenvalue weighted by Crippen LogP contribution is -2.26. The Kier molecular flexibility index (Phi) is 3.06. The molecule has 0 amide bonds. The van der Waals surface area contributed by atoms with Crippen molar-refractivity contribution in [3.05, 3.63) is 70.5 Å². The first-order valence-electron chi connectivity index (χ1n) is 8.12. The van der Waals surface area contributed by atoms with Crippen LogP contribution < -0.4 is 5.43 Å². The highest BCUT2D eigenvalue weighted by atomic mass is 35.5. The van der Waals surface area contributed by atoms with Crippen molar-refractivity contribution >= 4 is 28.3 Å². The molecule has 0 radical (unpaired) electrons. The van der Waals surface area contributed by atoms with E-state index in [0.29, 0.717) is 5.92 Å². The number of aryl methyl sites for hydroxylation is 1. The first-order valence-corrected chi connectivity index (χ1v) is 8.50. The Morgan fingerprint density at radius 2 is 1.88 bits per heavy atom. The van der Waals surface area contributed by atoms with E-state index in [1.54, 1.807) is 12.4 Å². The third kappa shape index (κ3) is 2.10. The molecular formula is C19H15ClN4. The highest BCUT2D eigenvalue weighted by molar-refractivity contribution is 6.30. The van der Waals surface area contributed by atoms with Crippen molar-refractivity contribution in [1.29, 1.82) is 0 Å². The van der Waals surface area contributed by atoms with Crippen molar-refractivity contribution in [2.24, 2.45) is 11.0 Å². The molecule has 2 heterocycles. The van der Waals surface area contributed by atoms with E-state index in [1.165, 1.54) is 16.7 Å². The van der Waals surface area contributed by atoms with Gasteiger partial charge in [-0.1, -0.05) is 23.7 Å². The summed E-state index contributed by atoms with van der Waals surface area (Å²) < 4.78 is 0. The van der Waals surface area contributed by atoms with Gasteiger partial charge in [0.25, 0.3) is 0 Å². The Hall–Kier alpha value is -2.46. The minimum absolute atomic E-state index is 0.190. The second-order valence-electron chi connectivity index (χ2n) is 6.35. The normalized spacial score (nSPS) is 21.8. The number of aromatic nitrogens is 2. The molecule has 1 aliphatic heterocycles. The van der Waals surface area contributed by atoms with Gasteiger partial charge in [-0.2, -0.15) is 5.10 Å². The van der Waals surface area contributed by atoms with Gasteiger partial charge >= 0.3 is 0 Å². The second-order valence-corrected chi connectivity index (χ2v) is 6.79. The number of benzene rings is 2. The molecule has 1 N–H and O–H groups in total. The molecule has 1 aliphatic carbocycles. The van der Waals surface area contributed by atoms with E-state index in [4.69, 9.17) is 11.6 Å². The minimum atomic E-state index is 0.190. The summed E-state index contributed by atoms with van der Waals surface area (Å²) in [6, 6.07) is 12.6. The molecule has 2 atom stereocenters. The van der Waals surface area contributed by atoms with Gasteiger partial charge in [0.1, 0.15) is 0 Å². The average Bonchev–Trinajstić information content (AvgIpc) is 3.05. The molecule has 118 valence electrons. The van der Waals surface area contributed by atoms with Gasteiger partial charge < -0.3 is 5.43 Å². The topological polar surface area (TPSA) is 50.2 Å². The van der Waals surface area contributed by atoms with Crippen LogP contribution in [0.15, 0.2) is 53.9 Å². The molecule has 0 fully saturated rings. The van der Waals surface area contributed by atoms with Gasteiger partial charge in [0.05, 0.1) is 22.8 Å². The standard InChI is InChI=1S/C19H15ClN4/c20-13-3-5-14-11(9-13)1-4-15-18(23-24-19(14)15)12-2-6-16-17(10-12)22-8-7-21-16/h2-3,5-10,15,18,23H,1,4H2. The summed E-state index contributed by atoms with van der Waals surface area (Å²) in [7, 11) is 0. The fourth-order valence-corrected chi connectivity index (χ4v) is 4.04. The fourth-order valence-electron chi connectivity index (χ4n) is 3.84. The Balaban J connectivity index is 1.53. The van der Waals surface area contributed by atoms with Crippen molar-refractivity contribution in [1.82, 2.24) is 15.4 Å². The fraction of sp³-hybridized carbons (Fsp3) is 0.211. The maximum Gasteiger partial charge on any atom is 0.0890 e. The largest absolute Gasteiger partial charge is 0.302 e. The summed E-state index contributed by atoms with van der Waals surface area (Å²) in [6.45, 7) is 0. The van der Waals surface area contributed by atoms with Gasteiger partial charge in [0, 0.05) is 28.9 Å². The maximum atomic E-state index is 6.13. The molecule has 5 heteroatoms. The molecule has 0 saturated heterocycles. The number of hydrogen-bond acceptors (Lipinski definition) is 4. The summed E-state index contributed by atoms with van der Waals surface area (Å²) in [5.74, 6) is 0.382. The first kappa shape index (κ1) is 13.9. The van der Waals surface area contributed by atoms with Gasteiger partial charge in [-0.3, -0.25) is 9.97 Å². The smallest absolute Gasteiger partial charge is 0.0890 e. The number of fused-ring (bicyclic) bond motifs is 4. The van der Waals surface area contributed by atoms with E-state index in [9.17, 15) is 0 Å². The summed E-state index contributed by atoms with van der Waals surface area (Å²) >= 11 is 6.13. The van der Waals surface area contributed by atoms with Crippen LogP contribution >= 0.6 is 11.6 Å². The predicted octanol–water partition coefficient (Wildman–Crippen LogP) is 3.89. The van der Waals surface area contributed by atoms with Crippen LogP contribution in [-0.4, -0.2) is 15.7 Å². The monoisotopic (exact) mass is 334 g/mol. The molecule has 0 saturated carbocycles. The third-order valence-corrected chi connectivity index (χ3v) is 5.23. The van der Waals surface area contributed by atoms with Gasteiger partial charge in [-0.15, -0.1) is 0 Å². The van der Waals surface area contributed by atoms with Gasteiger partial charge in [-0.25, -0.2) is 0 Å². The molecule has 5 rings (SSSR count). The highest BCUT2D eigenvalue weighted by Crippen LogP contribution is 2.39. The number of nitrogens with one attached hydrogen (secondary N) is 1. The Labute approximate surface area is 144 Å². The van der Waals surface area contributed by atoms with Crippen molar-refractivity contribution < 1.29 is 0 Å². The summed E-state index contributed by atoms with van der Waals surface area (Å²) in [5, 5.41) is 5.45. The van der Waals surface area contributed by atoms with E-state index in [0.717, 1.165) is 34.6 Å². The zero-order valence-electron chi connectivity index (χ0n) is 12.9. The van der Waals surface area contributed by atoms with Crippen LogP contribution in [0.4, 0.5) is 0 Å². The number of halogens is 1. The van der Waals surface area contributed by atoms with Crippen molar-refractivity contribution in [3.8, 4) is 0 Å². The van der Waals surface area contributed by atoms with Gasteiger partial charge in [-0.05, 0) is 48.2 Å². The zero-order chi connectivity index (χ0) is 16.1. The van der Waals surface area contributed by atoms with E-state index in [1.807, 2.05) is 12.1 Å². The van der Waals surface area contributed by atoms with Crippen LogP contribution in [0.3, 0.4) is 0 Å². The third-order valence-electron chi connectivity index (χ3n) is 5.00. The Bertz CT molecular complexity index is 982. The molecule has 4 nitrogen and oxygen atoms in total. The van der Waals surface area contributed by atoms with Crippen LogP contribution in [0.1, 0.15) is 29.2 Å². The molecule has 2 unspecified atom stereocenters. The van der Waals surface area contributed by atoms with Crippen LogP contribution in [0.5, 0.6) is 0 Å². The number of hydrazone groups is 1. The minimum Gasteiger partial charge on any atom is -0.302 e. The molecule has 24 heavy (non-hydrogen) atoms. The molecule has 2 aromatic carbocycles.